The van der Waals surface area contributed by atoms with Crippen molar-refractivity contribution in [3.8, 4) is 0 Å². The summed E-state index contributed by atoms with van der Waals surface area (Å²) in [5, 5.41) is 22.0. The van der Waals surface area contributed by atoms with Gasteiger partial charge < -0.3 is 0 Å². The van der Waals surface area contributed by atoms with Crippen LogP contribution in [0.3, 0.4) is 0 Å². The molecular formula is C13H8Cl2N2O7S. The third kappa shape index (κ3) is 4.23. The molecule has 25 heavy (non-hydrogen) atoms. The number of rotatable bonds is 5. The van der Waals surface area contributed by atoms with E-state index in [4.69, 9.17) is 27.8 Å². The fraction of sp³-hybridized carbons (Fsp3) is 0.0769. The van der Waals surface area contributed by atoms with Crippen molar-refractivity contribution in [3.05, 3.63) is 71.7 Å². The van der Waals surface area contributed by atoms with Gasteiger partial charge in [-0.1, -0.05) is 29.3 Å². The Morgan fingerprint density at radius 2 is 1.52 bits per heavy atom. The maximum absolute atomic E-state index is 11.2. The molecule has 0 amide bonds. The minimum Gasteiger partial charge on any atom is -0.282 e. The van der Waals surface area contributed by atoms with Crippen LogP contribution < -0.4 is 0 Å². The first kappa shape index (κ1) is 19.1. The molecule has 0 spiro atoms. The van der Waals surface area contributed by atoms with Crippen LogP contribution in [0, 0.1) is 20.2 Å². The van der Waals surface area contributed by atoms with Crippen LogP contribution in [0.5, 0.6) is 0 Å². The Morgan fingerprint density at radius 3 is 2.04 bits per heavy atom. The zero-order valence-corrected chi connectivity index (χ0v) is 14.4. The molecule has 0 unspecified atom stereocenters. The van der Waals surface area contributed by atoms with Crippen molar-refractivity contribution >= 4 is 44.7 Å². The lowest BCUT2D eigenvalue weighted by Gasteiger charge is -2.08. The molecule has 0 aromatic heterocycles. The number of nitro benzene ring substituents is 2. The van der Waals surface area contributed by atoms with E-state index in [1.165, 1.54) is 0 Å². The summed E-state index contributed by atoms with van der Waals surface area (Å²) in [6.07, 6.45) is -0.182. The third-order valence-electron chi connectivity index (χ3n) is 3.24. The molecule has 132 valence electrons. The molecule has 2 aromatic rings. The summed E-state index contributed by atoms with van der Waals surface area (Å²) < 4.78 is 31.2. The minimum atomic E-state index is -4.62. The Kier molecular flexibility index (Phi) is 5.28. The number of nitrogens with zero attached hydrogens (tertiary/aromatic N) is 2. The van der Waals surface area contributed by atoms with Crippen LogP contribution in [-0.2, 0) is 16.5 Å². The van der Waals surface area contributed by atoms with Gasteiger partial charge in [-0.25, -0.2) is 0 Å². The first-order chi connectivity index (χ1) is 11.5. The molecule has 12 heteroatoms. The average Bonchev–Trinajstić information content (AvgIpc) is 2.48. The monoisotopic (exact) mass is 406 g/mol. The van der Waals surface area contributed by atoms with Crippen LogP contribution in [0.1, 0.15) is 11.1 Å². The second-order valence-corrected chi connectivity index (χ2v) is 7.09. The zero-order valence-electron chi connectivity index (χ0n) is 12.0. The van der Waals surface area contributed by atoms with Gasteiger partial charge in [-0.2, -0.15) is 8.42 Å². The fourth-order valence-electron chi connectivity index (χ4n) is 2.08. The molecule has 0 heterocycles. The van der Waals surface area contributed by atoms with E-state index in [0.717, 1.165) is 24.3 Å². The highest BCUT2D eigenvalue weighted by atomic mass is 35.5. The molecule has 2 rings (SSSR count). The van der Waals surface area contributed by atoms with Crippen molar-refractivity contribution in [1.82, 2.24) is 0 Å². The first-order valence-electron chi connectivity index (χ1n) is 6.38. The van der Waals surface area contributed by atoms with Gasteiger partial charge in [0.1, 0.15) is 9.92 Å². The van der Waals surface area contributed by atoms with Crippen molar-refractivity contribution in [2.75, 3.05) is 0 Å². The number of hydrogen-bond acceptors (Lipinski definition) is 6. The number of hydrogen-bond donors (Lipinski definition) is 1. The van der Waals surface area contributed by atoms with Gasteiger partial charge in [0.05, 0.1) is 9.85 Å². The summed E-state index contributed by atoms with van der Waals surface area (Å²) >= 11 is 11.7. The van der Waals surface area contributed by atoms with Crippen molar-refractivity contribution in [2.45, 2.75) is 11.3 Å². The number of halogens is 2. The van der Waals surface area contributed by atoms with E-state index in [2.05, 4.69) is 0 Å². The van der Waals surface area contributed by atoms with Crippen LogP contribution in [0.4, 0.5) is 11.4 Å². The summed E-state index contributed by atoms with van der Waals surface area (Å²) in [5.74, 6) is 0. The molecule has 0 aliphatic carbocycles. The predicted octanol–water partition coefficient (Wildman–Crippen LogP) is 3.65. The number of benzene rings is 2. The van der Waals surface area contributed by atoms with Gasteiger partial charge in [-0.15, -0.1) is 0 Å². The maximum atomic E-state index is 11.2. The molecular weight excluding hydrogens is 399 g/mol. The van der Waals surface area contributed by atoms with Gasteiger partial charge in [0.15, 0.2) is 0 Å². The Bertz CT molecular complexity index is 992. The van der Waals surface area contributed by atoms with Gasteiger partial charge in [0, 0.05) is 29.1 Å². The predicted molar refractivity (Wildman–Crippen MR) is 88.8 cm³/mol. The molecule has 0 bridgehead atoms. The largest absolute Gasteiger partial charge is 0.294 e. The second-order valence-electron chi connectivity index (χ2n) is 4.85. The molecule has 0 fully saturated rings. The van der Waals surface area contributed by atoms with E-state index in [-0.39, 0.29) is 27.6 Å². The molecule has 0 saturated heterocycles. The van der Waals surface area contributed by atoms with Crippen molar-refractivity contribution < 1.29 is 22.8 Å². The summed E-state index contributed by atoms with van der Waals surface area (Å²) in [4.78, 5) is 19.9. The highest BCUT2D eigenvalue weighted by molar-refractivity contribution is 7.85. The highest BCUT2D eigenvalue weighted by Crippen LogP contribution is 2.33. The normalized spacial score (nSPS) is 11.3. The first-order valence-corrected chi connectivity index (χ1v) is 8.57. The van der Waals surface area contributed by atoms with Gasteiger partial charge in [0.25, 0.3) is 21.5 Å². The molecule has 1 N–H and O–H groups in total. The van der Waals surface area contributed by atoms with E-state index in [9.17, 15) is 28.6 Å². The van der Waals surface area contributed by atoms with Crippen LogP contribution in [0.2, 0.25) is 10.0 Å². The Morgan fingerprint density at radius 1 is 0.920 bits per heavy atom. The lowest BCUT2D eigenvalue weighted by molar-refractivity contribution is -0.385. The molecule has 0 radical (unpaired) electrons. The second kappa shape index (κ2) is 6.92. The summed E-state index contributed by atoms with van der Waals surface area (Å²) in [6.45, 7) is 0. The van der Waals surface area contributed by atoms with E-state index >= 15 is 0 Å². The van der Waals surface area contributed by atoms with Gasteiger partial charge in [-0.05, 0) is 17.7 Å². The Balaban J connectivity index is 2.56. The lowest BCUT2D eigenvalue weighted by atomic mass is 10.0. The van der Waals surface area contributed by atoms with Crippen molar-refractivity contribution in [1.29, 1.82) is 0 Å². The van der Waals surface area contributed by atoms with Crippen LogP contribution in [0.15, 0.2) is 35.2 Å². The molecule has 2 aromatic carbocycles. The van der Waals surface area contributed by atoms with E-state index in [1.807, 2.05) is 0 Å². The fourth-order valence-corrected chi connectivity index (χ4v) is 3.10. The Hall–Kier alpha value is -2.27. The topological polar surface area (TPSA) is 141 Å². The average molecular weight is 407 g/mol. The summed E-state index contributed by atoms with van der Waals surface area (Å²) in [5.41, 5.74) is -0.751. The molecule has 0 saturated carbocycles. The molecule has 0 aliphatic rings. The van der Waals surface area contributed by atoms with E-state index in [0.29, 0.717) is 6.07 Å². The van der Waals surface area contributed by atoms with Gasteiger partial charge in [-0.3, -0.25) is 24.8 Å². The van der Waals surface area contributed by atoms with Gasteiger partial charge >= 0.3 is 0 Å². The van der Waals surface area contributed by atoms with E-state index in [1.54, 1.807) is 0 Å². The quantitative estimate of drug-likeness (QED) is 0.453. The number of nitro groups is 2. The third-order valence-corrected chi connectivity index (χ3v) is 4.75. The summed E-state index contributed by atoms with van der Waals surface area (Å²) in [7, 11) is -4.62. The van der Waals surface area contributed by atoms with E-state index < -0.39 is 36.2 Å². The molecule has 0 atom stereocenters. The SMILES string of the molecule is O=[N+]([O-])c1cc(Cc2ccc(S(=O)(=O)O)cc2[N+](=O)[O-])c(Cl)cc1Cl. The lowest BCUT2D eigenvalue weighted by Crippen LogP contribution is -2.03. The smallest absolute Gasteiger partial charge is 0.282 e. The zero-order chi connectivity index (χ0) is 18.9. The Labute approximate surface area is 150 Å². The molecule has 0 aliphatic heterocycles. The summed E-state index contributed by atoms with van der Waals surface area (Å²) in [6, 6.07) is 5.04. The molecule has 9 nitrogen and oxygen atoms in total. The highest BCUT2D eigenvalue weighted by Gasteiger charge is 2.22. The minimum absolute atomic E-state index is 0.0518. The van der Waals surface area contributed by atoms with Crippen LogP contribution in [-0.4, -0.2) is 22.8 Å². The standard InChI is InChI=1S/C13H8Cl2N2O7S/c14-10-6-11(15)13(17(20)21)4-8(10)3-7-1-2-9(25(22,23)24)5-12(7)16(18)19/h1-2,4-6H,3H2,(H,22,23,24). The van der Waals surface area contributed by atoms with Gasteiger partial charge in [0.2, 0.25) is 0 Å². The van der Waals surface area contributed by atoms with Crippen molar-refractivity contribution in [2.24, 2.45) is 0 Å². The maximum Gasteiger partial charge on any atom is 0.294 e. The van der Waals surface area contributed by atoms with Crippen LogP contribution >= 0.6 is 23.2 Å². The van der Waals surface area contributed by atoms with Crippen LogP contribution in [0.25, 0.3) is 0 Å². The van der Waals surface area contributed by atoms with Crippen molar-refractivity contribution in [3.63, 3.8) is 0 Å².